The van der Waals surface area contributed by atoms with Crippen molar-refractivity contribution in [2.45, 2.75) is 56.0 Å². The summed E-state index contributed by atoms with van der Waals surface area (Å²) in [4.78, 5) is 40.0. The van der Waals surface area contributed by atoms with Gasteiger partial charge < -0.3 is 20.1 Å². The number of benzene rings is 2. The maximum Gasteiger partial charge on any atom is 0.408 e. The van der Waals surface area contributed by atoms with Crippen LogP contribution in [-0.2, 0) is 14.3 Å². The summed E-state index contributed by atoms with van der Waals surface area (Å²) in [5.41, 5.74) is 3.43. The Labute approximate surface area is 209 Å². The van der Waals surface area contributed by atoms with E-state index in [2.05, 4.69) is 29.6 Å². The van der Waals surface area contributed by atoms with Crippen molar-refractivity contribution in [3.8, 4) is 11.1 Å². The van der Waals surface area contributed by atoms with E-state index in [1.807, 2.05) is 38.1 Å². The Kier molecular flexibility index (Phi) is 6.25. The van der Waals surface area contributed by atoms with Crippen molar-refractivity contribution in [3.63, 3.8) is 0 Å². The van der Waals surface area contributed by atoms with Crippen molar-refractivity contribution >= 4 is 29.7 Å². The number of carboxylic acid groups (broad SMARTS) is 1. The highest BCUT2D eigenvalue weighted by Crippen LogP contribution is 2.45. The number of thioether (sulfide) groups is 1. The summed E-state index contributed by atoms with van der Waals surface area (Å²) in [6, 6.07) is 15.4. The molecule has 3 aliphatic rings. The number of rotatable bonds is 6. The summed E-state index contributed by atoms with van der Waals surface area (Å²) in [6.07, 6.45) is 1.11. The molecule has 1 saturated heterocycles. The number of hydrogen-bond acceptors (Lipinski definition) is 5. The molecule has 5 rings (SSSR count). The zero-order valence-electron chi connectivity index (χ0n) is 19.9. The lowest BCUT2D eigenvalue weighted by Crippen LogP contribution is -2.66. The quantitative estimate of drug-likeness (QED) is 0.616. The molecule has 2 fully saturated rings. The summed E-state index contributed by atoms with van der Waals surface area (Å²) in [5, 5.41) is 12.3. The van der Waals surface area contributed by atoms with E-state index in [1.54, 1.807) is 0 Å². The van der Waals surface area contributed by atoms with Gasteiger partial charge in [-0.05, 0) is 47.4 Å². The van der Waals surface area contributed by atoms with Crippen LogP contribution in [0.3, 0.4) is 0 Å². The number of nitrogens with one attached hydrogen (secondary N) is 1. The second-order valence-corrected chi connectivity index (χ2v) is 11.1. The van der Waals surface area contributed by atoms with Crippen molar-refractivity contribution < 1.29 is 24.2 Å². The van der Waals surface area contributed by atoms with Crippen molar-refractivity contribution in [1.82, 2.24) is 10.2 Å². The molecule has 2 amide bonds. The Morgan fingerprint density at radius 2 is 1.69 bits per heavy atom. The number of carbonyl (C=O) groups excluding carboxylic acids is 2. The van der Waals surface area contributed by atoms with Gasteiger partial charge in [0.05, 0.1) is 5.37 Å². The maximum absolute atomic E-state index is 13.7. The third-order valence-electron chi connectivity index (χ3n) is 7.43. The summed E-state index contributed by atoms with van der Waals surface area (Å²) < 4.78 is 5.69. The normalized spacial score (nSPS) is 22.3. The van der Waals surface area contributed by atoms with Gasteiger partial charge in [-0.25, -0.2) is 9.59 Å². The van der Waals surface area contributed by atoms with Gasteiger partial charge in [0.25, 0.3) is 0 Å². The Morgan fingerprint density at radius 1 is 1.09 bits per heavy atom. The molecule has 2 atom stereocenters. The number of nitrogens with zero attached hydrogens (tertiary/aromatic N) is 1. The van der Waals surface area contributed by atoms with Gasteiger partial charge in [0.2, 0.25) is 5.91 Å². The molecule has 1 heterocycles. The van der Waals surface area contributed by atoms with E-state index in [9.17, 15) is 19.5 Å². The molecule has 8 heteroatoms. The number of aliphatic carboxylic acids is 1. The van der Waals surface area contributed by atoms with Gasteiger partial charge in [-0.3, -0.25) is 4.79 Å². The first-order chi connectivity index (χ1) is 16.8. The minimum Gasteiger partial charge on any atom is -0.480 e. The first-order valence-corrected chi connectivity index (χ1v) is 13.2. The number of alkyl carbamates (subject to hydrolysis) is 1. The SMILES string of the molecule is CC(C)C1SCC(C(=O)O)N1C(=O)C1(NC(=O)OCC2c3ccccc3-c3ccccc32)CCC1. The molecule has 0 spiro atoms. The minimum absolute atomic E-state index is 0.0714. The lowest BCUT2D eigenvalue weighted by Gasteiger charge is -2.45. The van der Waals surface area contributed by atoms with Crippen LogP contribution in [0.2, 0.25) is 0 Å². The van der Waals surface area contributed by atoms with Crippen LogP contribution in [0.15, 0.2) is 48.5 Å². The number of ether oxygens (including phenoxy) is 1. The Bertz CT molecular complexity index is 1120. The van der Waals surface area contributed by atoms with E-state index < -0.39 is 23.6 Å². The highest BCUT2D eigenvalue weighted by molar-refractivity contribution is 8.00. The molecule has 0 bridgehead atoms. The second-order valence-electron chi connectivity index (χ2n) is 9.92. The zero-order chi connectivity index (χ0) is 24.7. The van der Waals surface area contributed by atoms with Crippen LogP contribution in [0.25, 0.3) is 11.1 Å². The van der Waals surface area contributed by atoms with Gasteiger partial charge in [-0.2, -0.15) is 0 Å². The second kappa shape index (κ2) is 9.22. The number of carbonyl (C=O) groups is 3. The topological polar surface area (TPSA) is 95.9 Å². The molecule has 7 nitrogen and oxygen atoms in total. The largest absolute Gasteiger partial charge is 0.480 e. The molecule has 0 radical (unpaired) electrons. The van der Waals surface area contributed by atoms with E-state index in [-0.39, 0.29) is 29.7 Å². The number of amides is 2. The molecule has 35 heavy (non-hydrogen) atoms. The Balaban J connectivity index is 1.30. The van der Waals surface area contributed by atoms with Crippen molar-refractivity contribution in [3.05, 3.63) is 59.7 Å². The first-order valence-electron chi connectivity index (χ1n) is 12.1. The van der Waals surface area contributed by atoms with Gasteiger partial charge in [-0.1, -0.05) is 62.4 Å². The van der Waals surface area contributed by atoms with Crippen LogP contribution in [0, 0.1) is 5.92 Å². The summed E-state index contributed by atoms with van der Waals surface area (Å²) in [5.74, 6) is -0.943. The van der Waals surface area contributed by atoms with E-state index in [0.717, 1.165) is 28.7 Å². The third kappa shape index (κ3) is 4.07. The number of fused-ring (bicyclic) bond motifs is 3. The number of carboxylic acids is 1. The van der Waals surface area contributed by atoms with Gasteiger partial charge in [0.1, 0.15) is 18.2 Å². The highest BCUT2D eigenvalue weighted by atomic mass is 32.2. The Morgan fingerprint density at radius 3 is 2.20 bits per heavy atom. The molecule has 2 aromatic rings. The fourth-order valence-electron chi connectivity index (χ4n) is 5.49. The van der Waals surface area contributed by atoms with E-state index in [0.29, 0.717) is 18.6 Å². The summed E-state index contributed by atoms with van der Waals surface area (Å²) in [7, 11) is 0. The van der Waals surface area contributed by atoms with Crippen LogP contribution in [0.1, 0.15) is 50.2 Å². The highest BCUT2D eigenvalue weighted by Gasteiger charge is 2.54. The fraction of sp³-hybridized carbons (Fsp3) is 0.444. The van der Waals surface area contributed by atoms with Crippen molar-refractivity contribution in [2.75, 3.05) is 12.4 Å². The van der Waals surface area contributed by atoms with Gasteiger partial charge in [-0.15, -0.1) is 11.8 Å². The fourth-order valence-corrected chi connectivity index (χ4v) is 6.96. The van der Waals surface area contributed by atoms with Crippen LogP contribution in [0.4, 0.5) is 4.79 Å². The molecule has 2 unspecified atom stereocenters. The van der Waals surface area contributed by atoms with Crippen LogP contribution < -0.4 is 5.32 Å². The Hall–Kier alpha value is -3.00. The van der Waals surface area contributed by atoms with Gasteiger partial charge >= 0.3 is 12.1 Å². The van der Waals surface area contributed by atoms with Gasteiger partial charge in [0, 0.05) is 11.7 Å². The third-order valence-corrected chi connectivity index (χ3v) is 9.05. The predicted octanol–water partition coefficient (Wildman–Crippen LogP) is 4.46. The van der Waals surface area contributed by atoms with Crippen LogP contribution >= 0.6 is 11.8 Å². The minimum atomic E-state index is -1.10. The van der Waals surface area contributed by atoms with Crippen LogP contribution in [-0.4, -0.2) is 57.3 Å². The zero-order valence-corrected chi connectivity index (χ0v) is 20.7. The molecular formula is C27H30N2O5S. The summed E-state index contributed by atoms with van der Waals surface area (Å²) in [6.45, 7) is 4.12. The van der Waals surface area contributed by atoms with E-state index in [4.69, 9.17) is 4.74 Å². The standard InChI is InChI=1S/C27H30N2O5S/c1-16(2)23-29(22(15-35-23)24(30)31)25(32)27(12-7-13-27)28-26(33)34-14-21-19-10-5-3-8-17(19)18-9-4-6-11-20(18)21/h3-6,8-11,16,21-23H,7,12-15H2,1-2H3,(H,28,33)(H,30,31). The average Bonchev–Trinajstić information content (AvgIpc) is 3.40. The molecule has 0 aromatic heterocycles. The molecule has 2 N–H and O–H groups in total. The van der Waals surface area contributed by atoms with E-state index in [1.165, 1.54) is 16.7 Å². The monoisotopic (exact) mass is 494 g/mol. The van der Waals surface area contributed by atoms with Crippen molar-refractivity contribution in [2.24, 2.45) is 5.92 Å². The predicted molar refractivity (Wildman–Crippen MR) is 134 cm³/mol. The molecule has 2 aliphatic carbocycles. The molecule has 1 saturated carbocycles. The molecule has 184 valence electrons. The average molecular weight is 495 g/mol. The number of hydrogen-bond donors (Lipinski definition) is 2. The smallest absolute Gasteiger partial charge is 0.408 e. The van der Waals surface area contributed by atoms with E-state index >= 15 is 0 Å². The summed E-state index contributed by atoms with van der Waals surface area (Å²) >= 11 is 1.49. The van der Waals surface area contributed by atoms with Crippen LogP contribution in [0.5, 0.6) is 0 Å². The molecule has 2 aromatic carbocycles. The lowest BCUT2D eigenvalue weighted by atomic mass is 9.75. The molecular weight excluding hydrogens is 464 g/mol. The van der Waals surface area contributed by atoms with Crippen molar-refractivity contribution in [1.29, 1.82) is 0 Å². The van der Waals surface area contributed by atoms with Gasteiger partial charge in [0.15, 0.2) is 0 Å². The first kappa shape index (κ1) is 23.7. The maximum atomic E-state index is 13.7. The molecule has 1 aliphatic heterocycles. The lowest BCUT2D eigenvalue weighted by molar-refractivity contribution is -0.154.